The predicted molar refractivity (Wildman–Crippen MR) is 198 cm³/mol. The van der Waals surface area contributed by atoms with Crippen LogP contribution >= 0.6 is 7.82 Å². The molecular weight excluding hydrogens is 698 g/mol. The number of benzene rings is 1. The molecule has 14 heteroatoms. The second-order valence-electron chi connectivity index (χ2n) is 13.5. The summed E-state index contributed by atoms with van der Waals surface area (Å²) in [4.78, 5) is 14.5. The highest BCUT2D eigenvalue weighted by atomic mass is 31.2. The zero-order valence-corrected chi connectivity index (χ0v) is 31.6. The van der Waals surface area contributed by atoms with Crippen LogP contribution in [0.2, 0.25) is 0 Å². The van der Waals surface area contributed by atoms with Gasteiger partial charge in [0.1, 0.15) is 29.8 Å². The fourth-order valence-corrected chi connectivity index (χ4v) is 7.09. The normalized spacial score (nSPS) is 18.5. The van der Waals surface area contributed by atoms with Crippen molar-refractivity contribution < 1.29 is 32.4 Å². The first-order chi connectivity index (χ1) is 25.7. The van der Waals surface area contributed by atoms with Crippen LogP contribution < -0.4 is 5.73 Å². The second-order valence-corrected chi connectivity index (χ2v) is 14.9. The average molecular weight is 751 g/mol. The van der Waals surface area contributed by atoms with Gasteiger partial charge in [-0.05, 0) is 49.1 Å². The predicted octanol–water partition coefficient (Wildman–Crippen LogP) is 8.42. The van der Waals surface area contributed by atoms with E-state index in [2.05, 4.69) is 34.9 Å². The van der Waals surface area contributed by atoms with Crippen molar-refractivity contribution in [3.05, 3.63) is 59.3 Å². The van der Waals surface area contributed by atoms with Crippen LogP contribution in [0.4, 0.5) is 10.2 Å². The molecule has 0 radical (unpaired) electrons. The molecule has 4 atom stereocenters. The quantitative estimate of drug-likeness (QED) is 0.0540. The molecule has 0 bridgehead atoms. The second kappa shape index (κ2) is 21.7. The number of fused-ring (bicyclic) bond motifs is 1. The molecule has 1 aromatic carbocycles. The summed E-state index contributed by atoms with van der Waals surface area (Å²) in [5.41, 5.74) is 6.00. The molecule has 1 unspecified atom stereocenters. The van der Waals surface area contributed by atoms with Crippen molar-refractivity contribution in [1.82, 2.24) is 14.6 Å². The van der Waals surface area contributed by atoms with Gasteiger partial charge in [0.2, 0.25) is 0 Å². The van der Waals surface area contributed by atoms with Crippen molar-refractivity contribution >= 4 is 19.2 Å². The van der Waals surface area contributed by atoms with Crippen molar-refractivity contribution in [2.75, 3.05) is 18.9 Å². The summed E-state index contributed by atoms with van der Waals surface area (Å²) in [6.07, 6.45) is 16.7. The zero-order valence-electron chi connectivity index (χ0n) is 30.7. The van der Waals surface area contributed by atoms with Crippen molar-refractivity contribution in [2.24, 2.45) is 0 Å². The highest BCUT2D eigenvalue weighted by molar-refractivity contribution is 7.47. The molecule has 2 aromatic heterocycles. The van der Waals surface area contributed by atoms with Crippen LogP contribution in [0.5, 0.6) is 0 Å². The molecular formula is C39H52FN6O6P. The number of rotatable bonds is 23. The van der Waals surface area contributed by atoms with Gasteiger partial charge in [-0.3, -0.25) is 9.05 Å². The van der Waals surface area contributed by atoms with E-state index < -0.39 is 31.4 Å². The summed E-state index contributed by atoms with van der Waals surface area (Å²) in [5.74, 6) is 5.86. The van der Waals surface area contributed by atoms with Gasteiger partial charge < -0.3 is 20.1 Å². The zero-order chi connectivity index (χ0) is 37.9. The number of nitrogens with two attached hydrogens (primary N) is 1. The number of phosphoric acid groups is 1. The number of nitrogen functional groups attached to an aromatic ring is 1. The first-order valence-electron chi connectivity index (χ1n) is 18.8. The summed E-state index contributed by atoms with van der Waals surface area (Å²) in [7, 11) is -4.57. The van der Waals surface area contributed by atoms with E-state index in [1.54, 1.807) is 24.3 Å². The maximum absolute atomic E-state index is 14.2. The van der Waals surface area contributed by atoms with Gasteiger partial charge in [-0.15, -0.1) is 11.8 Å². The van der Waals surface area contributed by atoms with E-state index in [9.17, 15) is 19.1 Å². The lowest BCUT2D eigenvalue weighted by Gasteiger charge is -2.22. The van der Waals surface area contributed by atoms with Gasteiger partial charge in [-0.1, -0.05) is 83.6 Å². The minimum Gasteiger partial charge on any atom is -0.382 e. The van der Waals surface area contributed by atoms with Crippen LogP contribution in [0.15, 0.2) is 36.7 Å². The van der Waals surface area contributed by atoms with Gasteiger partial charge >= 0.3 is 7.82 Å². The Morgan fingerprint density at radius 3 is 2.45 bits per heavy atom. The lowest BCUT2D eigenvalue weighted by Crippen LogP contribution is -2.28. The Bertz CT molecular complexity index is 1800. The van der Waals surface area contributed by atoms with Crippen molar-refractivity contribution in [1.29, 1.82) is 10.5 Å². The first-order valence-corrected chi connectivity index (χ1v) is 20.2. The lowest BCUT2D eigenvalue weighted by molar-refractivity contribution is -0.0374. The number of halogens is 1. The Labute approximate surface area is 312 Å². The molecule has 1 aliphatic heterocycles. The van der Waals surface area contributed by atoms with Crippen LogP contribution in [-0.2, 0) is 35.3 Å². The highest BCUT2D eigenvalue weighted by Crippen LogP contribution is 2.46. The molecule has 4 rings (SSSR count). The third kappa shape index (κ3) is 13.2. The van der Waals surface area contributed by atoms with E-state index in [-0.39, 0.29) is 37.6 Å². The number of hydrogen-bond donors (Lipinski definition) is 2. The van der Waals surface area contributed by atoms with E-state index in [1.165, 1.54) is 87.2 Å². The highest BCUT2D eigenvalue weighted by Gasteiger charge is 2.45. The summed E-state index contributed by atoms with van der Waals surface area (Å²) >= 11 is 0. The molecule has 3 aromatic rings. The Kier molecular flexibility index (Phi) is 17.2. The number of ether oxygens (including phenoxy) is 2. The standard InChI is InChI=1S/C39H52FN6O6P/c1-2-3-4-5-6-7-8-9-10-11-12-13-14-15-16-17-33(49-26-31-18-19-32(25-41)35(40)24-31)27-50-53(47,48)51-28-34-22-23-39(29-42,52-34)37-21-20-36-38(43)44-30-45-46(36)37/h18-21,24,30,33-34H,2-14,17,22-23,26-28H2,1H3,(H,47,48)(H2,43,44,45)/t33-,34+,39+/m1/s1. The van der Waals surface area contributed by atoms with Crippen LogP contribution in [0.1, 0.15) is 126 Å². The van der Waals surface area contributed by atoms with Gasteiger partial charge in [0.15, 0.2) is 11.4 Å². The van der Waals surface area contributed by atoms with Crippen LogP contribution in [0.3, 0.4) is 0 Å². The van der Waals surface area contributed by atoms with Crippen LogP contribution in [-0.4, -0.2) is 44.9 Å². The van der Waals surface area contributed by atoms with Crippen molar-refractivity contribution in [3.63, 3.8) is 0 Å². The number of nitriles is 2. The fraction of sp³-hybridized carbons (Fsp3) is 0.590. The number of phosphoric ester groups is 1. The Morgan fingerprint density at radius 1 is 1.06 bits per heavy atom. The average Bonchev–Trinajstić information content (AvgIpc) is 3.79. The maximum Gasteiger partial charge on any atom is 0.472 e. The van der Waals surface area contributed by atoms with E-state index >= 15 is 0 Å². The topological polar surface area (TPSA) is 178 Å². The van der Waals surface area contributed by atoms with Gasteiger partial charge in [-0.2, -0.15) is 15.6 Å². The molecule has 12 nitrogen and oxygen atoms in total. The summed E-state index contributed by atoms with van der Waals surface area (Å²) in [6, 6.07) is 11.6. The first kappa shape index (κ1) is 41.9. The third-order valence-electron chi connectivity index (χ3n) is 9.36. The number of aromatic nitrogens is 3. The summed E-state index contributed by atoms with van der Waals surface area (Å²) in [5, 5.41) is 23.3. The van der Waals surface area contributed by atoms with E-state index in [0.29, 0.717) is 29.6 Å². The van der Waals surface area contributed by atoms with Gasteiger partial charge in [0.25, 0.3) is 0 Å². The van der Waals surface area contributed by atoms with Gasteiger partial charge in [-0.25, -0.2) is 18.5 Å². The van der Waals surface area contributed by atoms with Crippen molar-refractivity contribution in [3.8, 4) is 24.0 Å². The largest absolute Gasteiger partial charge is 0.472 e. The van der Waals surface area contributed by atoms with Crippen LogP contribution in [0.25, 0.3) is 5.52 Å². The fourth-order valence-electron chi connectivity index (χ4n) is 6.31. The molecule has 1 aliphatic rings. The van der Waals surface area contributed by atoms with Gasteiger partial charge in [0, 0.05) is 12.8 Å². The van der Waals surface area contributed by atoms with E-state index in [4.69, 9.17) is 29.5 Å². The Hall–Kier alpha value is -3.86. The Morgan fingerprint density at radius 2 is 1.77 bits per heavy atom. The lowest BCUT2D eigenvalue weighted by atomic mass is 9.98. The number of hydrogen-bond acceptors (Lipinski definition) is 10. The molecule has 1 fully saturated rings. The van der Waals surface area contributed by atoms with Crippen LogP contribution in [0, 0.1) is 40.3 Å². The summed E-state index contributed by atoms with van der Waals surface area (Å²) < 4.78 is 51.2. The molecule has 3 heterocycles. The number of anilines is 1. The Balaban J connectivity index is 1.23. The van der Waals surface area contributed by atoms with Crippen molar-refractivity contribution in [2.45, 2.75) is 134 Å². The molecule has 0 saturated carbocycles. The smallest absolute Gasteiger partial charge is 0.382 e. The molecule has 0 spiro atoms. The third-order valence-corrected chi connectivity index (χ3v) is 10.3. The van der Waals surface area contributed by atoms with Gasteiger partial charge in [0.05, 0.1) is 43.3 Å². The number of nitrogens with zero attached hydrogens (tertiary/aromatic N) is 5. The molecule has 0 aliphatic carbocycles. The van der Waals surface area contributed by atoms with E-state index in [1.807, 2.05) is 0 Å². The summed E-state index contributed by atoms with van der Waals surface area (Å²) in [6.45, 7) is 1.60. The monoisotopic (exact) mass is 750 g/mol. The maximum atomic E-state index is 14.2. The minimum atomic E-state index is -4.57. The number of unbranched alkanes of at least 4 members (excludes halogenated alkanes) is 12. The molecule has 3 N–H and O–H groups in total. The molecule has 286 valence electrons. The molecule has 0 amide bonds. The molecule has 1 saturated heterocycles. The minimum absolute atomic E-state index is 0.0230. The molecule has 53 heavy (non-hydrogen) atoms. The SMILES string of the molecule is CCCCCCCCCCCCCCC#CC[C@H](COP(=O)(O)OC[C@@H]1CC[C@](C#N)(c2ccc3c(N)ncnn23)O1)OCc1ccc(C#N)c(F)c1. The van der Waals surface area contributed by atoms with E-state index in [0.717, 1.165) is 19.3 Å².